The maximum atomic E-state index is 14.8. The first kappa shape index (κ1) is 20.1. The summed E-state index contributed by atoms with van der Waals surface area (Å²) < 4.78 is 14.8. The second-order valence-electron chi connectivity index (χ2n) is 8.24. The minimum Gasteiger partial charge on any atom is -0.374 e. The molecule has 2 amide bonds. The van der Waals surface area contributed by atoms with Crippen molar-refractivity contribution >= 4 is 23.2 Å². The molecule has 3 saturated heterocycles. The number of likely N-dealkylation sites (tertiary alicyclic amines) is 1. The number of carbonyl (C=O) groups excluding carboxylic acids is 2. The molecule has 158 valence electrons. The Hall–Kier alpha value is -2.19. The molecule has 0 aromatic heterocycles. The summed E-state index contributed by atoms with van der Waals surface area (Å²) in [6.07, 6.45) is 4.66. The number of piperidine rings is 2. The second-order valence-corrected chi connectivity index (χ2v) is 8.24. The summed E-state index contributed by atoms with van der Waals surface area (Å²) in [6.45, 7) is 6.89. The molecule has 3 heterocycles. The Morgan fingerprint density at radius 2 is 1.72 bits per heavy atom. The predicted molar refractivity (Wildman–Crippen MR) is 110 cm³/mol. The number of hydrogen-bond acceptors (Lipinski definition) is 6. The molecule has 29 heavy (non-hydrogen) atoms. The van der Waals surface area contributed by atoms with E-state index >= 15 is 0 Å². The molecule has 7 nitrogen and oxygen atoms in total. The van der Waals surface area contributed by atoms with E-state index in [-0.39, 0.29) is 17.6 Å². The van der Waals surface area contributed by atoms with Crippen LogP contribution in [0.2, 0.25) is 0 Å². The van der Waals surface area contributed by atoms with Crippen molar-refractivity contribution in [2.45, 2.75) is 38.1 Å². The van der Waals surface area contributed by atoms with Gasteiger partial charge in [-0.05, 0) is 50.6 Å². The fourth-order valence-corrected chi connectivity index (χ4v) is 4.40. The van der Waals surface area contributed by atoms with Crippen LogP contribution in [0.4, 0.5) is 15.8 Å². The zero-order chi connectivity index (χ0) is 20.2. The van der Waals surface area contributed by atoms with Gasteiger partial charge < -0.3 is 10.2 Å². The van der Waals surface area contributed by atoms with Crippen LogP contribution in [0.3, 0.4) is 0 Å². The van der Waals surface area contributed by atoms with Crippen LogP contribution in [0.15, 0.2) is 18.2 Å². The first-order valence-electron chi connectivity index (χ1n) is 10.7. The molecule has 1 atom stereocenters. The molecule has 1 aromatic rings. The average molecular weight is 404 g/mol. The fourth-order valence-electron chi connectivity index (χ4n) is 4.40. The standard InChI is InChI=1S/C21H30FN5O2/c22-17-14-16(23-18-5-7-20(28)24-21(18)29)4-6-19(17)27-12-10-26(11-13-27)15-25-8-2-1-3-9-25/h4,6,14,18,23H,1-3,5,7-13,15H2,(H,24,28,29). The average Bonchev–Trinajstić information content (AvgIpc) is 2.72. The molecule has 1 aromatic carbocycles. The quantitative estimate of drug-likeness (QED) is 0.728. The van der Waals surface area contributed by atoms with E-state index in [9.17, 15) is 14.0 Å². The molecule has 0 bridgehead atoms. The number of anilines is 2. The summed E-state index contributed by atoms with van der Waals surface area (Å²) >= 11 is 0. The summed E-state index contributed by atoms with van der Waals surface area (Å²) in [6, 6.07) is 4.53. The van der Waals surface area contributed by atoms with Crippen molar-refractivity contribution < 1.29 is 14.0 Å². The number of nitrogens with one attached hydrogen (secondary N) is 2. The van der Waals surface area contributed by atoms with E-state index in [2.05, 4.69) is 25.3 Å². The second kappa shape index (κ2) is 9.09. The lowest BCUT2D eigenvalue weighted by Crippen LogP contribution is -2.51. The topological polar surface area (TPSA) is 67.9 Å². The Labute approximate surface area is 171 Å². The van der Waals surface area contributed by atoms with Crippen molar-refractivity contribution in [1.82, 2.24) is 15.1 Å². The number of hydrogen-bond donors (Lipinski definition) is 2. The normalized spacial score (nSPS) is 24.4. The van der Waals surface area contributed by atoms with Gasteiger partial charge in [-0.25, -0.2) is 4.39 Å². The van der Waals surface area contributed by atoms with Crippen molar-refractivity contribution in [2.24, 2.45) is 0 Å². The number of halogens is 1. The molecule has 3 fully saturated rings. The van der Waals surface area contributed by atoms with Crippen molar-refractivity contribution in [1.29, 1.82) is 0 Å². The molecular formula is C21H30FN5O2. The molecule has 3 aliphatic rings. The van der Waals surface area contributed by atoms with Crippen LogP contribution in [0.25, 0.3) is 0 Å². The first-order valence-corrected chi connectivity index (χ1v) is 10.7. The Kier molecular flexibility index (Phi) is 6.30. The molecular weight excluding hydrogens is 373 g/mol. The molecule has 4 rings (SSSR count). The molecule has 8 heteroatoms. The van der Waals surface area contributed by atoms with E-state index < -0.39 is 6.04 Å². The molecule has 1 unspecified atom stereocenters. The van der Waals surface area contributed by atoms with Gasteiger partial charge in [0.2, 0.25) is 11.8 Å². The highest BCUT2D eigenvalue weighted by molar-refractivity contribution is 6.01. The lowest BCUT2D eigenvalue weighted by atomic mass is 10.1. The van der Waals surface area contributed by atoms with Gasteiger partial charge in [0.15, 0.2) is 0 Å². The third-order valence-electron chi connectivity index (χ3n) is 6.09. The lowest BCUT2D eigenvalue weighted by molar-refractivity contribution is -0.133. The number of amides is 2. The van der Waals surface area contributed by atoms with Crippen LogP contribution in [0.1, 0.15) is 32.1 Å². The highest BCUT2D eigenvalue weighted by Crippen LogP contribution is 2.25. The van der Waals surface area contributed by atoms with Gasteiger partial charge in [0.1, 0.15) is 11.9 Å². The van der Waals surface area contributed by atoms with E-state index in [1.54, 1.807) is 6.07 Å². The Bertz CT molecular complexity index is 745. The van der Waals surface area contributed by atoms with Crippen molar-refractivity contribution in [3.8, 4) is 0 Å². The largest absolute Gasteiger partial charge is 0.374 e. The lowest BCUT2D eigenvalue weighted by Gasteiger charge is -2.39. The number of nitrogens with zero attached hydrogens (tertiary/aromatic N) is 3. The van der Waals surface area contributed by atoms with Crippen LogP contribution in [-0.4, -0.2) is 73.6 Å². The predicted octanol–water partition coefficient (Wildman–Crippen LogP) is 1.61. The summed E-state index contributed by atoms with van der Waals surface area (Å²) in [4.78, 5) is 30.2. The zero-order valence-electron chi connectivity index (χ0n) is 16.8. The van der Waals surface area contributed by atoms with Crippen LogP contribution in [-0.2, 0) is 9.59 Å². The number of piperazine rings is 1. The smallest absolute Gasteiger partial charge is 0.249 e. The van der Waals surface area contributed by atoms with Gasteiger partial charge >= 0.3 is 0 Å². The van der Waals surface area contributed by atoms with Crippen molar-refractivity contribution in [3.05, 3.63) is 24.0 Å². The summed E-state index contributed by atoms with van der Waals surface area (Å²) in [7, 11) is 0. The summed E-state index contributed by atoms with van der Waals surface area (Å²) in [5.74, 6) is -0.892. The van der Waals surface area contributed by atoms with Gasteiger partial charge in [0, 0.05) is 38.3 Å². The van der Waals surface area contributed by atoms with E-state index in [0.29, 0.717) is 24.2 Å². The van der Waals surface area contributed by atoms with Crippen molar-refractivity contribution in [2.75, 3.05) is 56.2 Å². The van der Waals surface area contributed by atoms with E-state index in [4.69, 9.17) is 0 Å². The van der Waals surface area contributed by atoms with Crippen LogP contribution in [0.5, 0.6) is 0 Å². The molecule has 0 spiro atoms. The van der Waals surface area contributed by atoms with Crippen LogP contribution < -0.4 is 15.5 Å². The van der Waals surface area contributed by atoms with Gasteiger partial charge in [0.25, 0.3) is 0 Å². The number of carbonyl (C=O) groups is 2. The highest BCUT2D eigenvalue weighted by atomic mass is 19.1. The van der Waals surface area contributed by atoms with Gasteiger partial charge in [-0.1, -0.05) is 6.42 Å². The molecule has 0 aliphatic carbocycles. The third kappa shape index (κ3) is 5.05. The van der Waals surface area contributed by atoms with Crippen LogP contribution in [0, 0.1) is 5.82 Å². The maximum absolute atomic E-state index is 14.8. The monoisotopic (exact) mass is 403 g/mol. The van der Waals surface area contributed by atoms with E-state index in [1.807, 2.05) is 6.07 Å². The summed E-state index contributed by atoms with van der Waals surface area (Å²) in [5, 5.41) is 5.35. The van der Waals surface area contributed by atoms with Gasteiger partial charge in [-0.3, -0.25) is 24.7 Å². The molecule has 2 N–H and O–H groups in total. The Morgan fingerprint density at radius 3 is 2.41 bits per heavy atom. The van der Waals surface area contributed by atoms with Crippen LogP contribution >= 0.6 is 0 Å². The van der Waals surface area contributed by atoms with Gasteiger partial charge in [-0.15, -0.1) is 0 Å². The number of imide groups is 1. The van der Waals surface area contributed by atoms with Crippen molar-refractivity contribution in [3.63, 3.8) is 0 Å². The van der Waals surface area contributed by atoms with E-state index in [0.717, 1.165) is 32.8 Å². The Morgan fingerprint density at radius 1 is 1.00 bits per heavy atom. The molecule has 0 radical (unpaired) electrons. The minimum absolute atomic E-state index is 0.256. The fraction of sp³-hybridized carbons (Fsp3) is 0.619. The zero-order valence-corrected chi connectivity index (χ0v) is 16.8. The highest BCUT2D eigenvalue weighted by Gasteiger charge is 2.27. The van der Waals surface area contributed by atoms with Gasteiger partial charge in [-0.2, -0.15) is 0 Å². The minimum atomic E-state index is -0.503. The number of benzene rings is 1. The van der Waals surface area contributed by atoms with Gasteiger partial charge in [0.05, 0.1) is 12.4 Å². The number of rotatable bonds is 5. The van der Waals surface area contributed by atoms with E-state index in [1.165, 1.54) is 38.4 Å². The first-order chi connectivity index (χ1) is 14.1. The third-order valence-corrected chi connectivity index (χ3v) is 6.09. The molecule has 0 saturated carbocycles. The Balaban J connectivity index is 1.30. The SMILES string of the molecule is O=C1CCC(Nc2ccc(N3CCN(CN4CCCCC4)CC3)c(F)c2)C(=O)N1. The molecule has 3 aliphatic heterocycles. The maximum Gasteiger partial charge on any atom is 0.249 e. The summed E-state index contributed by atoms with van der Waals surface area (Å²) in [5.41, 5.74) is 1.17.